The molecule has 0 aliphatic carbocycles. The fourth-order valence-electron chi connectivity index (χ4n) is 2.33. The summed E-state index contributed by atoms with van der Waals surface area (Å²) in [5.74, 6) is 0.0934. The fraction of sp³-hybridized carbons (Fsp3) is 0.267. The van der Waals surface area contributed by atoms with Gasteiger partial charge in [-0.15, -0.1) is 0 Å². The lowest BCUT2D eigenvalue weighted by molar-refractivity contribution is -0.128. The molecule has 1 atom stereocenters. The highest BCUT2D eigenvalue weighted by molar-refractivity contribution is 5.98. The average Bonchev–Trinajstić information content (AvgIpc) is 2.53. The summed E-state index contributed by atoms with van der Waals surface area (Å²) in [5, 5.41) is 0. The summed E-state index contributed by atoms with van der Waals surface area (Å²) in [7, 11) is 1.61. The van der Waals surface area contributed by atoms with Gasteiger partial charge in [-0.1, -0.05) is 0 Å². The first-order valence-corrected chi connectivity index (χ1v) is 6.84. The Morgan fingerprint density at radius 2 is 2.09 bits per heavy atom. The molecule has 3 heterocycles. The standard InChI is InChI=1S/C15H16N6O/c1-15(6-13(22)21(2)14(16)20-15)12-9-18-8-11(19-12)10-4-3-5-17-7-10/h3-5,7-9H,6H2,1-2H3,(H2,16,20)/t15-/m0/s1. The summed E-state index contributed by atoms with van der Waals surface area (Å²) in [5.41, 5.74) is 7.18. The first kappa shape index (κ1) is 14.1. The molecule has 1 amide bonds. The minimum Gasteiger partial charge on any atom is -0.369 e. The Morgan fingerprint density at radius 3 is 2.77 bits per heavy atom. The molecule has 2 N–H and O–H groups in total. The van der Waals surface area contributed by atoms with Crippen LogP contribution < -0.4 is 5.73 Å². The molecule has 0 saturated carbocycles. The van der Waals surface area contributed by atoms with Gasteiger partial charge in [-0.25, -0.2) is 9.98 Å². The molecule has 0 bridgehead atoms. The van der Waals surface area contributed by atoms with Gasteiger partial charge in [-0.2, -0.15) is 0 Å². The second kappa shape index (κ2) is 5.18. The molecule has 1 aliphatic heterocycles. The van der Waals surface area contributed by atoms with Crippen molar-refractivity contribution >= 4 is 11.9 Å². The van der Waals surface area contributed by atoms with Gasteiger partial charge in [-0.05, 0) is 19.1 Å². The van der Waals surface area contributed by atoms with E-state index in [9.17, 15) is 4.79 Å². The summed E-state index contributed by atoms with van der Waals surface area (Å²) in [6.45, 7) is 1.84. The van der Waals surface area contributed by atoms with E-state index in [0.29, 0.717) is 11.4 Å². The molecule has 0 unspecified atom stereocenters. The van der Waals surface area contributed by atoms with E-state index in [1.54, 1.807) is 31.8 Å². The van der Waals surface area contributed by atoms with Crippen LogP contribution >= 0.6 is 0 Å². The third kappa shape index (κ3) is 2.41. The van der Waals surface area contributed by atoms with Crippen molar-refractivity contribution in [2.24, 2.45) is 10.7 Å². The molecule has 0 radical (unpaired) electrons. The first-order valence-electron chi connectivity index (χ1n) is 6.84. The second-order valence-corrected chi connectivity index (χ2v) is 5.40. The van der Waals surface area contributed by atoms with E-state index in [2.05, 4.69) is 19.9 Å². The largest absolute Gasteiger partial charge is 0.369 e. The molecule has 0 saturated heterocycles. The quantitative estimate of drug-likeness (QED) is 0.889. The van der Waals surface area contributed by atoms with Crippen molar-refractivity contribution in [2.45, 2.75) is 18.9 Å². The molecule has 0 spiro atoms. The molecule has 2 aromatic heterocycles. The lowest BCUT2D eigenvalue weighted by Gasteiger charge is -2.32. The zero-order valence-electron chi connectivity index (χ0n) is 12.4. The van der Waals surface area contributed by atoms with Crippen LogP contribution in [0, 0.1) is 0 Å². The molecular formula is C15H16N6O. The predicted molar refractivity (Wildman–Crippen MR) is 81.6 cm³/mol. The van der Waals surface area contributed by atoms with Crippen LogP contribution in [-0.4, -0.2) is 38.8 Å². The number of amides is 1. The summed E-state index contributed by atoms with van der Waals surface area (Å²) in [6.07, 6.45) is 6.90. The van der Waals surface area contributed by atoms with Crippen molar-refractivity contribution in [3.63, 3.8) is 0 Å². The zero-order chi connectivity index (χ0) is 15.7. The van der Waals surface area contributed by atoms with Crippen LogP contribution in [0.3, 0.4) is 0 Å². The van der Waals surface area contributed by atoms with E-state index < -0.39 is 5.54 Å². The van der Waals surface area contributed by atoms with Crippen molar-refractivity contribution in [1.82, 2.24) is 19.9 Å². The zero-order valence-corrected chi connectivity index (χ0v) is 12.4. The van der Waals surface area contributed by atoms with Crippen molar-refractivity contribution < 1.29 is 4.79 Å². The normalized spacial score (nSPS) is 21.6. The maximum absolute atomic E-state index is 12.1. The van der Waals surface area contributed by atoms with Crippen LogP contribution in [0.1, 0.15) is 19.0 Å². The van der Waals surface area contributed by atoms with Crippen molar-refractivity contribution in [2.75, 3.05) is 7.05 Å². The lowest BCUT2D eigenvalue weighted by Crippen LogP contribution is -2.47. The van der Waals surface area contributed by atoms with Crippen molar-refractivity contribution in [3.8, 4) is 11.3 Å². The van der Waals surface area contributed by atoms with Crippen LogP contribution in [0.25, 0.3) is 11.3 Å². The Balaban J connectivity index is 2.04. The van der Waals surface area contributed by atoms with Gasteiger partial charge in [-0.3, -0.25) is 19.7 Å². The summed E-state index contributed by atoms with van der Waals surface area (Å²) >= 11 is 0. The van der Waals surface area contributed by atoms with Crippen LogP contribution in [-0.2, 0) is 10.3 Å². The number of rotatable bonds is 2. The molecule has 7 heteroatoms. The van der Waals surface area contributed by atoms with Crippen molar-refractivity contribution in [3.05, 3.63) is 42.6 Å². The third-order valence-electron chi connectivity index (χ3n) is 3.72. The van der Waals surface area contributed by atoms with Gasteiger partial charge < -0.3 is 5.73 Å². The van der Waals surface area contributed by atoms with Crippen LogP contribution in [0.5, 0.6) is 0 Å². The van der Waals surface area contributed by atoms with E-state index in [4.69, 9.17) is 5.73 Å². The number of hydrogen-bond donors (Lipinski definition) is 1. The Bertz CT molecular complexity index is 745. The van der Waals surface area contributed by atoms with Gasteiger partial charge in [0.05, 0.1) is 30.2 Å². The molecule has 2 aromatic rings. The highest BCUT2D eigenvalue weighted by Crippen LogP contribution is 2.32. The summed E-state index contributed by atoms with van der Waals surface area (Å²) in [4.78, 5) is 30.7. The maximum Gasteiger partial charge on any atom is 0.231 e. The number of aliphatic imine (C=N–C) groups is 1. The molecule has 112 valence electrons. The third-order valence-corrected chi connectivity index (χ3v) is 3.72. The highest BCUT2D eigenvalue weighted by Gasteiger charge is 2.37. The number of nitrogens with zero attached hydrogens (tertiary/aromatic N) is 5. The number of carbonyl (C=O) groups excluding carboxylic acids is 1. The van der Waals surface area contributed by atoms with Gasteiger partial charge in [0, 0.05) is 25.0 Å². The molecule has 3 rings (SSSR count). The van der Waals surface area contributed by atoms with E-state index in [-0.39, 0.29) is 18.3 Å². The van der Waals surface area contributed by atoms with Gasteiger partial charge in [0.2, 0.25) is 5.91 Å². The highest BCUT2D eigenvalue weighted by atomic mass is 16.2. The number of pyridine rings is 1. The van der Waals surface area contributed by atoms with Crippen LogP contribution in [0.15, 0.2) is 41.9 Å². The monoisotopic (exact) mass is 296 g/mol. The van der Waals surface area contributed by atoms with Gasteiger partial charge >= 0.3 is 0 Å². The first-order chi connectivity index (χ1) is 10.5. The van der Waals surface area contributed by atoms with E-state index in [1.165, 1.54) is 4.90 Å². The molecule has 1 aliphatic rings. The molecule has 0 fully saturated rings. The molecule has 7 nitrogen and oxygen atoms in total. The van der Waals surface area contributed by atoms with Gasteiger partial charge in [0.25, 0.3) is 0 Å². The summed E-state index contributed by atoms with van der Waals surface area (Å²) in [6, 6.07) is 3.74. The minimum atomic E-state index is -0.807. The minimum absolute atomic E-state index is 0.0939. The Morgan fingerprint density at radius 1 is 1.27 bits per heavy atom. The van der Waals surface area contributed by atoms with Gasteiger partial charge in [0.15, 0.2) is 5.96 Å². The summed E-state index contributed by atoms with van der Waals surface area (Å²) < 4.78 is 0. The maximum atomic E-state index is 12.1. The Kier molecular flexibility index (Phi) is 3.32. The number of carbonyl (C=O) groups is 1. The topological polar surface area (TPSA) is 97.4 Å². The number of hydrogen-bond acceptors (Lipinski definition) is 6. The Hall–Kier alpha value is -2.83. The SMILES string of the molecule is CN1C(=O)C[C@@](C)(c2cncc(-c3cccnc3)n2)N=C1N. The van der Waals surface area contributed by atoms with E-state index in [1.807, 2.05) is 19.1 Å². The van der Waals surface area contributed by atoms with Crippen LogP contribution in [0.2, 0.25) is 0 Å². The number of aromatic nitrogens is 3. The van der Waals surface area contributed by atoms with Crippen LogP contribution in [0.4, 0.5) is 0 Å². The number of nitrogens with two attached hydrogens (primary N) is 1. The lowest BCUT2D eigenvalue weighted by atomic mass is 9.92. The molecule has 0 aromatic carbocycles. The average molecular weight is 296 g/mol. The van der Waals surface area contributed by atoms with Crippen molar-refractivity contribution in [1.29, 1.82) is 0 Å². The van der Waals surface area contributed by atoms with Gasteiger partial charge in [0.1, 0.15) is 5.54 Å². The van der Waals surface area contributed by atoms with E-state index in [0.717, 1.165) is 5.56 Å². The molecule has 22 heavy (non-hydrogen) atoms. The second-order valence-electron chi connectivity index (χ2n) is 5.40. The van der Waals surface area contributed by atoms with E-state index >= 15 is 0 Å². The fourth-order valence-corrected chi connectivity index (χ4v) is 2.33. The Labute approximate surface area is 127 Å². The number of guanidine groups is 1. The smallest absolute Gasteiger partial charge is 0.231 e. The predicted octanol–water partition coefficient (Wildman–Crippen LogP) is 0.931. The molecular weight excluding hydrogens is 280 g/mol.